The van der Waals surface area contributed by atoms with E-state index in [1.807, 2.05) is 30.3 Å². The Balaban J connectivity index is 1.32. The van der Waals surface area contributed by atoms with Crippen LogP contribution in [0, 0.1) is 5.92 Å². The number of hydrogen-bond acceptors (Lipinski definition) is 7. The summed E-state index contributed by atoms with van der Waals surface area (Å²) in [5.41, 5.74) is 1.32. The fraction of sp³-hybridized carbons (Fsp3) is 0.353. The lowest BCUT2D eigenvalue weighted by molar-refractivity contribution is 0.0945. The second-order valence-corrected chi connectivity index (χ2v) is 7.17. The van der Waals surface area contributed by atoms with Gasteiger partial charge in [0.05, 0.1) is 19.3 Å². The predicted molar refractivity (Wildman–Crippen MR) is 95.5 cm³/mol. The summed E-state index contributed by atoms with van der Waals surface area (Å²) in [6.45, 7) is 2.56. The Morgan fingerprint density at radius 2 is 2.15 bits per heavy atom. The molecule has 0 radical (unpaired) electrons. The van der Waals surface area contributed by atoms with Crippen molar-refractivity contribution in [1.82, 2.24) is 30.5 Å². The van der Waals surface area contributed by atoms with Crippen LogP contribution in [0.25, 0.3) is 10.6 Å². The number of nitrogens with one attached hydrogen (secondary N) is 1. The van der Waals surface area contributed by atoms with Gasteiger partial charge in [-0.2, -0.15) is 0 Å². The van der Waals surface area contributed by atoms with Crippen LogP contribution in [0.2, 0.25) is 0 Å². The summed E-state index contributed by atoms with van der Waals surface area (Å²) in [5, 5.41) is 20.7. The van der Waals surface area contributed by atoms with Crippen LogP contribution >= 0.6 is 11.3 Å². The third kappa shape index (κ3) is 3.94. The van der Waals surface area contributed by atoms with Crippen LogP contribution in [0.1, 0.15) is 21.9 Å². The van der Waals surface area contributed by atoms with Crippen molar-refractivity contribution in [2.75, 3.05) is 13.2 Å². The second-order valence-electron chi connectivity index (χ2n) is 6.11. The third-order valence-corrected chi connectivity index (χ3v) is 5.10. The molecule has 1 unspecified atom stereocenters. The highest BCUT2D eigenvalue weighted by atomic mass is 32.1. The standard InChI is InChI=1S/C17H18N6O2S/c24-16(14-10-23(22-19-14)9-12-6-7-25-11-12)18-8-15-20-21-17(26-15)13-4-2-1-3-5-13/h1-5,10,12H,6-9,11H2,(H,18,24). The Morgan fingerprint density at radius 1 is 1.27 bits per heavy atom. The maximum atomic E-state index is 12.3. The predicted octanol–water partition coefficient (Wildman–Crippen LogP) is 1.76. The van der Waals surface area contributed by atoms with Crippen molar-refractivity contribution < 1.29 is 9.53 Å². The Hall–Kier alpha value is -2.65. The molecule has 8 nitrogen and oxygen atoms in total. The van der Waals surface area contributed by atoms with Crippen LogP contribution in [0.3, 0.4) is 0 Å². The SMILES string of the molecule is O=C(NCc1nnc(-c2ccccc2)s1)c1cn(CC2CCOC2)nn1. The van der Waals surface area contributed by atoms with E-state index in [0.717, 1.165) is 41.8 Å². The zero-order valence-electron chi connectivity index (χ0n) is 14.0. The van der Waals surface area contributed by atoms with E-state index in [0.29, 0.717) is 18.2 Å². The van der Waals surface area contributed by atoms with Crippen LogP contribution in [-0.4, -0.2) is 44.3 Å². The van der Waals surface area contributed by atoms with Gasteiger partial charge in [-0.3, -0.25) is 9.48 Å². The molecule has 1 amide bonds. The van der Waals surface area contributed by atoms with Crippen molar-refractivity contribution in [3.63, 3.8) is 0 Å². The van der Waals surface area contributed by atoms with E-state index in [4.69, 9.17) is 4.74 Å². The van der Waals surface area contributed by atoms with Gasteiger partial charge in [0.1, 0.15) is 10.0 Å². The molecule has 26 heavy (non-hydrogen) atoms. The van der Waals surface area contributed by atoms with Crippen molar-refractivity contribution >= 4 is 17.2 Å². The van der Waals surface area contributed by atoms with Gasteiger partial charge in [0.25, 0.3) is 5.91 Å². The Bertz CT molecular complexity index is 872. The smallest absolute Gasteiger partial charge is 0.273 e. The molecule has 1 aliphatic rings. The lowest BCUT2D eigenvalue weighted by Gasteiger charge is -2.05. The summed E-state index contributed by atoms with van der Waals surface area (Å²) >= 11 is 1.46. The number of rotatable bonds is 6. The number of aromatic nitrogens is 5. The molecule has 0 bridgehead atoms. The number of carbonyl (C=O) groups excluding carboxylic acids is 1. The van der Waals surface area contributed by atoms with Crippen molar-refractivity contribution in [2.45, 2.75) is 19.5 Å². The average molecular weight is 370 g/mol. The molecule has 1 aliphatic heterocycles. The van der Waals surface area contributed by atoms with E-state index in [2.05, 4.69) is 25.8 Å². The zero-order valence-corrected chi connectivity index (χ0v) is 14.9. The van der Waals surface area contributed by atoms with Gasteiger partial charge >= 0.3 is 0 Å². The van der Waals surface area contributed by atoms with E-state index < -0.39 is 0 Å². The largest absolute Gasteiger partial charge is 0.381 e. The quantitative estimate of drug-likeness (QED) is 0.710. The molecule has 9 heteroatoms. The van der Waals surface area contributed by atoms with Gasteiger partial charge in [-0.1, -0.05) is 46.9 Å². The molecular weight excluding hydrogens is 352 g/mol. The maximum absolute atomic E-state index is 12.3. The molecule has 1 saturated heterocycles. The van der Waals surface area contributed by atoms with Gasteiger partial charge in [-0.15, -0.1) is 15.3 Å². The van der Waals surface area contributed by atoms with Crippen molar-refractivity contribution in [3.8, 4) is 10.6 Å². The highest BCUT2D eigenvalue weighted by Gasteiger charge is 2.18. The zero-order chi connectivity index (χ0) is 17.8. The van der Waals surface area contributed by atoms with E-state index >= 15 is 0 Å². The van der Waals surface area contributed by atoms with Crippen LogP contribution < -0.4 is 5.32 Å². The van der Waals surface area contributed by atoms with E-state index in [9.17, 15) is 4.79 Å². The third-order valence-electron chi connectivity index (χ3n) is 4.13. The maximum Gasteiger partial charge on any atom is 0.273 e. The van der Waals surface area contributed by atoms with Gasteiger partial charge in [0.15, 0.2) is 5.69 Å². The van der Waals surface area contributed by atoms with Gasteiger partial charge in [0.2, 0.25) is 0 Å². The lowest BCUT2D eigenvalue weighted by atomic mass is 10.1. The molecule has 0 saturated carbocycles. The minimum absolute atomic E-state index is 0.268. The minimum atomic E-state index is -0.268. The summed E-state index contributed by atoms with van der Waals surface area (Å²) in [5.74, 6) is 0.167. The van der Waals surface area contributed by atoms with Gasteiger partial charge < -0.3 is 10.1 Å². The number of hydrogen-bond donors (Lipinski definition) is 1. The molecule has 4 rings (SSSR count). The summed E-state index contributed by atoms with van der Waals surface area (Å²) in [7, 11) is 0. The monoisotopic (exact) mass is 370 g/mol. The Kier molecular flexibility index (Phi) is 4.98. The fourth-order valence-electron chi connectivity index (χ4n) is 2.75. The summed E-state index contributed by atoms with van der Waals surface area (Å²) in [6, 6.07) is 9.84. The minimum Gasteiger partial charge on any atom is -0.381 e. The molecule has 3 heterocycles. The van der Waals surface area contributed by atoms with E-state index in [1.54, 1.807) is 10.9 Å². The molecule has 134 valence electrons. The van der Waals surface area contributed by atoms with Gasteiger partial charge in [-0.05, 0) is 6.42 Å². The first-order valence-corrected chi connectivity index (χ1v) is 9.23. The highest BCUT2D eigenvalue weighted by molar-refractivity contribution is 7.14. The van der Waals surface area contributed by atoms with Crippen LogP contribution in [0.5, 0.6) is 0 Å². The number of ether oxygens (including phenoxy) is 1. The molecule has 3 aromatic rings. The Morgan fingerprint density at radius 3 is 2.96 bits per heavy atom. The van der Waals surface area contributed by atoms with Gasteiger partial charge in [-0.25, -0.2) is 0 Å². The fourth-order valence-corrected chi connectivity index (χ4v) is 3.54. The van der Waals surface area contributed by atoms with Gasteiger partial charge in [0, 0.05) is 24.6 Å². The Labute approximate surface area is 154 Å². The lowest BCUT2D eigenvalue weighted by Crippen LogP contribution is -2.23. The van der Waals surface area contributed by atoms with Crippen molar-refractivity contribution in [1.29, 1.82) is 0 Å². The van der Waals surface area contributed by atoms with Crippen molar-refractivity contribution in [3.05, 3.63) is 47.2 Å². The summed E-state index contributed by atoms with van der Waals surface area (Å²) < 4.78 is 7.05. The molecule has 0 spiro atoms. The number of benzene rings is 1. The molecule has 2 aromatic heterocycles. The first kappa shape index (κ1) is 16.8. The topological polar surface area (TPSA) is 94.8 Å². The number of carbonyl (C=O) groups is 1. The molecule has 1 atom stereocenters. The van der Waals surface area contributed by atoms with E-state index in [1.165, 1.54) is 11.3 Å². The number of nitrogens with zero attached hydrogens (tertiary/aromatic N) is 5. The van der Waals surface area contributed by atoms with Crippen molar-refractivity contribution in [2.24, 2.45) is 5.92 Å². The second kappa shape index (κ2) is 7.71. The first-order valence-electron chi connectivity index (χ1n) is 8.42. The normalized spacial score (nSPS) is 16.7. The summed E-state index contributed by atoms with van der Waals surface area (Å²) in [4.78, 5) is 12.3. The van der Waals surface area contributed by atoms with Crippen LogP contribution in [0.15, 0.2) is 36.5 Å². The molecule has 1 aromatic carbocycles. The van der Waals surface area contributed by atoms with Crippen LogP contribution in [0.4, 0.5) is 0 Å². The molecule has 1 fully saturated rings. The molecule has 0 aliphatic carbocycles. The average Bonchev–Trinajstić information content (AvgIpc) is 3.43. The first-order chi connectivity index (χ1) is 12.8. The molecule has 1 N–H and O–H groups in total. The van der Waals surface area contributed by atoms with Crippen LogP contribution in [-0.2, 0) is 17.8 Å². The highest BCUT2D eigenvalue weighted by Crippen LogP contribution is 2.22. The molecular formula is C17H18N6O2S. The summed E-state index contributed by atoms with van der Waals surface area (Å²) in [6.07, 6.45) is 2.69. The number of amides is 1. The van der Waals surface area contributed by atoms with E-state index in [-0.39, 0.29) is 5.91 Å².